The minimum absolute atomic E-state index is 0.0964. The Hall–Kier alpha value is -1.84. The van der Waals surface area contributed by atoms with Crippen LogP contribution in [0.4, 0.5) is 0 Å². The van der Waals surface area contributed by atoms with Gasteiger partial charge in [0.1, 0.15) is 5.75 Å². The molecular formula is C13H15NO3. The standard InChI is InChI=1S/C13H15NO3/c1-14-12(15)8-10(13(14)16)7-9-5-3-4-6-11(9)17-2/h3-6,10H,7-8H2,1-2H3. The number of rotatable bonds is 3. The molecule has 0 spiro atoms. The van der Waals surface area contributed by atoms with Crippen molar-refractivity contribution in [2.75, 3.05) is 14.2 Å². The van der Waals surface area contributed by atoms with Crippen LogP contribution < -0.4 is 4.74 Å². The smallest absolute Gasteiger partial charge is 0.232 e. The van der Waals surface area contributed by atoms with E-state index in [-0.39, 0.29) is 17.7 Å². The monoisotopic (exact) mass is 233 g/mol. The van der Waals surface area contributed by atoms with Gasteiger partial charge in [0, 0.05) is 13.5 Å². The van der Waals surface area contributed by atoms with Crippen LogP contribution >= 0.6 is 0 Å². The lowest BCUT2D eigenvalue weighted by Gasteiger charge is -2.11. The maximum absolute atomic E-state index is 11.8. The SMILES string of the molecule is COc1ccccc1CC1CC(=O)N(C)C1=O. The molecule has 4 nitrogen and oxygen atoms in total. The molecule has 1 atom stereocenters. The third-order valence-electron chi connectivity index (χ3n) is 3.13. The fourth-order valence-corrected chi connectivity index (χ4v) is 2.13. The van der Waals surface area contributed by atoms with Crippen molar-refractivity contribution in [3.63, 3.8) is 0 Å². The van der Waals surface area contributed by atoms with Crippen LogP contribution in [-0.2, 0) is 16.0 Å². The summed E-state index contributed by atoms with van der Waals surface area (Å²) in [6.07, 6.45) is 0.853. The van der Waals surface area contributed by atoms with Gasteiger partial charge in [0.2, 0.25) is 11.8 Å². The molecular weight excluding hydrogens is 218 g/mol. The number of carbonyl (C=O) groups is 2. The summed E-state index contributed by atoms with van der Waals surface area (Å²) in [6, 6.07) is 7.58. The molecule has 0 aromatic heterocycles. The van der Waals surface area contributed by atoms with Gasteiger partial charge in [-0.2, -0.15) is 0 Å². The van der Waals surface area contributed by atoms with Gasteiger partial charge in [-0.15, -0.1) is 0 Å². The molecule has 1 aromatic rings. The summed E-state index contributed by atoms with van der Waals surface area (Å²) in [5, 5.41) is 0. The Morgan fingerprint density at radius 3 is 2.65 bits per heavy atom. The number of hydrogen-bond donors (Lipinski definition) is 0. The first-order valence-electron chi connectivity index (χ1n) is 5.55. The Labute approximate surface area is 100 Å². The van der Waals surface area contributed by atoms with Crippen LogP contribution in [0.2, 0.25) is 0 Å². The number of amides is 2. The summed E-state index contributed by atoms with van der Waals surface area (Å²) in [5.41, 5.74) is 0.969. The highest BCUT2D eigenvalue weighted by Crippen LogP contribution is 2.26. The molecule has 2 amide bonds. The first-order chi connectivity index (χ1) is 8.13. The number of nitrogens with zero attached hydrogens (tertiary/aromatic N) is 1. The molecule has 0 aliphatic carbocycles. The molecule has 1 fully saturated rings. The van der Waals surface area contributed by atoms with Crippen LogP contribution in [0, 0.1) is 5.92 Å². The molecule has 90 valence electrons. The van der Waals surface area contributed by atoms with Crippen molar-refractivity contribution in [1.82, 2.24) is 4.90 Å². The van der Waals surface area contributed by atoms with Crippen LogP contribution in [-0.4, -0.2) is 30.9 Å². The van der Waals surface area contributed by atoms with Crippen molar-refractivity contribution in [3.8, 4) is 5.75 Å². The molecule has 0 N–H and O–H groups in total. The molecule has 0 bridgehead atoms. The van der Waals surface area contributed by atoms with Crippen molar-refractivity contribution in [3.05, 3.63) is 29.8 Å². The van der Waals surface area contributed by atoms with Crippen molar-refractivity contribution >= 4 is 11.8 Å². The summed E-state index contributed by atoms with van der Waals surface area (Å²) in [5.74, 6) is 0.321. The van der Waals surface area contributed by atoms with E-state index in [1.165, 1.54) is 11.9 Å². The average Bonchev–Trinajstić information content (AvgIpc) is 2.58. The Kier molecular flexibility index (Phi) is 3.13. The first kappa shape index (κ1) is 11.6. The third-order valence-corrected chi connectivity index (χ3v) is 3.13. The van der Waals surface area contributed by atoms with Crippen LogP contribution in [0.25, 0.3) is 0 Å². The van der Waals surface area contributed by atoms with Gasteiger partial charge in [-0.25, -0.2) is 0 Å². The van der Waals surface area contributed by atoms with Gasteiger partial charge in [0.05, 0.1) is 13.0 Å². The van der Waals surface area contributed by atoms with Crippen LogP contribution in [0.1, 0.15) is 12.0 Å². The van der Waals surface area contributed by atoms with Gasteiger partial charge < -0.3 is 4.74 Å². The zero-order valence-electron chi connectivity index (χ0n) is 9.97. The number of benzene rings is 1. The van der Waals surface area contributed by atoms with E-state index in [2.05, 4.69) is 0 Å². The topological polar surface area (TPSA) is 46.6 Å². The van der Waals surface area contributed by atoms with Gasteiger partial charge in [0.25, 0.3) is 0 Å². The number of imide groups is 1. The second-order valence-corrected chi connectivity index (χ2v) is 4.21. The number of para-hydroxylation sites is 1. The molecule has 4 heteroatoms. The molecule has 1 aliphatic heterocycles. The summed E-state index contributed by atoms with van der Waals surface area (Å²) >= 11 is 0. The third kappa shape index (κ3) is 2.16. The lowest BCUT2D eigenvalue weighted by molar-refractivity contribution is -0.137. The molecule has 1 aromatic carbocycles. The van der Waals surface area contributed by atoms with Crippen LogP contribution in [0.3, 0.4) is 0 Å². The van der Waals surface area contributed by atoms with Gasteiger partial charge in [-0.1, -0.05) is 18.2 Å². The number of likely N-dealkylation sites (tertiary alicyclic amines) is 1. The lowest BCUT2D eigenvalue weighted by Crippen LogP contribution is -2.26. The highest BCUT2D eigenvalue weighted by molar-refractivity contribution is 6.03. The van der Waals surface area contributed by atoms with Crippen molar-refractivity contribution < 1.29 is 14.3 Å². The number of methoxy groups -OCH3 is 1. The van der Waals surface area contributed by atoms with Crippen molar-refractivity contribution in [2.45, 2.75) is 12.8 Å². The molecule has 0 saturated carbocycles. The molecule has 1 unspecified atom stereocenters. The Balaban J connectivity index is 2.17. The van der Waals surface area contributed by atoms with E-state index in [4.69, 9.17) is 4.74 Å². The minimum Gasteiger partial charge on any atom is -0.496 e. The van der Waals surface area contributed by atoms with E-state index >= 15 is 0 Å². The number of carbonyl (C=O) groups excluding carboxylic acids is 2. The van der Waals surface area contributed by atoms with Gasteiger partial charge in [0.15, 0.2) is 0 Å². The van der Waals surface area contributed by atoms with Crippen molar-refractivity contribution in [2.24, 2.45) is 5.92 Å². The molecule has 1 aliphatic rings. The van der Waals surface area contributed by atoms with E-state index in [0.29, 0.717) is 12.8 Å². The van der Waals surface area contributed by atoms with E-state index in [1.807, 2.05) is 24.3 Å². The molecule has 0 radical (unpaired) electrons. The fraction of sp³-hybridized carbons (Fsp3) is 0.385. The maximum Gasteiger partial charge on any atom is 0.232 e. The van der Waals surface area contributed by atoms with Gasteiger partial charge in [-0.3, -0.25) is 14.5 Å². The zero-order chi connectivity index (χ0) is 12.4. The van der Waals surface area contributed by atoms with Gasteiger partial charge in [-0.05, 0) is 18.1 Å². The number of ether oxygens (including phenoxy) is 1. The molecule has 1 heterocycles. The zero-order valence-corrected chi connectivity index (χ0v) is 9.97. The van der Waals surface area contributed by atoms with E-state index in [0.717, 1.165) is 11.3 Å². The lowest BCUT2D eigenvalue weighted by atomic mass is 9.97. The fourth-order valence-electron chi connectivity index (χ4n) is 2.13. The Morgan fingerprint density at radius 1 is 1.35 bits per heavy atom. The number of hydrogen-bond acceptors (Lipinski definition) is 3. The molecule has 2 rings (SSSR count). The summed E-state index contributed by atoms with van der Waals surface area (Å²) < 4.78 is 5.23. The Bertz CT molecular complexity index is 456. The molecule has 17 heavy (non-hydrogen) atoms. The maximum atomic E-state index is 11.8. The average molecular weight is 233 g/mol. The Morgan fingerprint density at radius 2 is 2.06 bits per heavy atom. The highest BCUT2D eigenvalue weighted by atomic mass is 16.5. The summed E-state index contributed by atoms with van der Waals surface area (Å²) in [7, 11) is 3.14. The quantitative estimate of drug-likeness (QED) is 0.738. The predicted molar refractivity (Wildman–Crippen MR) is 62.6 cm³/mol. The largest absolute Gasteiger partial charge is 0.496 e. The van der Waals surface area contributed by atoms with E-state index < -0.39 is 0 Å². The predicted octanol–water partition coefficient (Wildman–Crippen LogP) is 1.24. The van der Waals surface area contributed by atoms with Crippen LogP contribution in [0.15, 0.2) is 24.3 Å². The van der Waals surface area contributed by atoms with Crippen molar-refractivity contribution in [1.29, 1.82) is 0 Å². The summed E-state index contributed by atoms with van der Waals surface area (Å²) in [4.78, 5) is 24.4. The van der Waals surface area contributed by atoms with Gasteiger partial charge >= 0.3 is 0 Å². The van der Waals surface area contributed by atoms with Crippen LogP contribution in [0.5, 0.6) is 5.75 Å². The second kappa shape index (κ2) is 4.57. The van der Waals surface area contributed by atoms with E-state index in [1.54, 1.807) is 7.11 Å². The second-order valence-electron chi connectivity index (χ2n) is 4.21. The first-order valence-corrected chi connectivity index (χ1v) is 5.55. The highest BCUT2D eigenvalue weighted by Gasteiger charge is 2.36. The molecule has 1 saturated heterocycles. The van der Waals surface area contributed by atoms with E-state index in [9.17, 15) is 9.59 Å². The summed E-state index contributed by atoms with van der Waals surface area (Å²) in [6.45, 7) is 0. The normalized spacial score (nSPS) is 19.9. The minimum atomic E-state index is -0.246.